The molecule has 8 heteroatoms. The minimum Gasteiger partial charge on any atom is -0.744 e. The summed E-state index contributed by atoms with van der Waals surface area (Å²) in [4.78, 5) is 13.7. The van der Waals surface area contributed by atoms with Gasteiger partial charge in [0.1, 0.15) is 10.1 Å². The average Bonchev–Trinajstić information content (AvgIpc) is 2.54. The molecular weight excluding hydrogens is 320 g/mol. The molecule has 0 unspecified atom stereocenters. The maximum Gasteiger partial charge on any atom is 0.385 e. The van der Waals surface area contributed by atoms with Crippen LogP contribution in [0.15, 0.2) is 53.4 Å². The number of hydrogen-bond acceptors (Lipinski definition) is 6. The van der Waals surface area contributed by atoms with Crippen LogP contribution in [-0.4, -0.2) is 26.0 Å². The summed E-state index contributed by atoms with van der Waals surface area (Å²) < 4.78 is 35.6. The Labute approximate surface area is 133 Å². The predicted molar refractivity (Wildman–Crippen MR) is 81.7 cm³/mol. The third-order valence-electron chi connectivity index (χ3n) is 2.71. The fourth-order valence-corrected chi connectivity index (χ4v) is 1.96. The number of methoxy groups -OCH3 is 1. The number of benzene rings is 2. The van der Waals surface area contributed by atoms with Crippen LogP contribution in [0.25, 0.3) is 4.98 Å². The third kappa shape index (κ3) is 5.86. The molecule has 23 heavy (non-hydrogen) atoms. The molecule has 2 aromatic rings. The summed E-state index contributed by atoms with van der Waals surface area (Å²) in [7, 11) is -2.96. The van der Waals surface area contributed by atoms with Gasteiger partial charge in [0, 0.05) is 12.1 Å². The first-order valence-electron chi connectivity index (χ1n) is 6.34. The van der Waals surface area contributed by atoms with E-state index < -0.39 is 16.1 Å². The zero-order chi connectivity index (χ0) is 17.5. The Kier molecular flexibility index (Phi) is 6.38. The molecule has 0 aliphatic carbocycles. The van der Waals surface area contributed by atoms with Crippen molar-refractivity contribution < 1.29 is 22.5 Å². The monoisotopic (exact) mass is 334 g/mol. The highest BCUT2D eigenvalue weighted by atomic mass is 32.2. The van der Waals surface area contributed by atoms with Gasteiger partial charge >= 0.3 is 11.7 Å². The van der Waals surface area contributed by atoms with Crippen LogP contribution in [0.4, 0.5) is 5.69 Å². The lowest BCUT2D eigenvalue weighted by atomic mass is 10.2. The van der Waals surface area contributed by atoms with Crippen molar-refractivity contribution in [3.05, 3.63) is 64.6 Å². The van der Waals surface area contributed by atoms with Crippen LogP contribution in [0.1, 0.15) is 15.9 Å². The molecule has 7 nitrogen and oxygen atoms in total. The largest absolute Gasteiger partial charge is 0.744 e. The smallest absolute Gasteiger partial charge is 0.385 e. The summed E-state index contributed by atoms with van der Waals surface area (Å²) in [6, 6.07) is 11.9. The van der Waals surface area contributed by atoms with Crippen LogP contribution < -0.4 is 0 Å². The standard InChI is InChI=1S/C8H7N2O2.C7H8O3S/c1-12-8(11)6-2-4-7(10-9)5-3-6;1-6-2-4-7(5-3-6)11(8,9)10/h2-5H,1H3;2-5H,1H3,(H,8,9,10)/q+1;/p-1. The first kappa shape index (κ1) is 18.3. The Bertz CT molecular complexity index is 806. The van der Waals surface area contributed by atoms with Gasteiger partial charge < -0.3 is 9.29 Å². The summed E-state index contributed by atoms with van der Waals surface area (Å²) >= 11 is 0. The topological polar surface area (TPSA) is 112 Å². The second-order valence-electron chi connectivity index (χ2n) is 4.41. The third-order valence-corrected chi connectivity index (χ3v) is 3.56. The lowest BCUT2D eigenvalue weighted by molar-refractivity contribution is 0.0600. The molecular formula is C15H14N2O5S. The Morgan fingerprint density at radius 3 is 2.00 bits per heavy atom. The van der Waals surface area contributed by atoms with Crippen LogP contribution >= 0.6 is 0 Å². The molecule has 0 aromatic heterocycles. The van der Waals surface area contributed by atoms with Gasteiger partial charge in [-0.3, -0.25) is 0 Å². The lowest BCUT2D eigenvalue weighted by Gasteiger charge is -2.05. The summed E-state index contributed by atoms with van der Waals surface area (Å²) in [5, 5.41) is 8.33. The zero-order valence-corrected chi connectivity index (χ0v) is 13.3. The molecule has 2 rings (SSSR count). The van der Waals surface area contributed by atoms with Gasteiger partial charge in [-0.05, 0) is 31.2 Å². The average molecular weight is 334 g/mol. The van der Waals surface area contributed by atoms with Gasteiger partial charge in [0.15, 0.2) is 4.98 Å². The second-order valence-corrected chi connectivity index (χ2v) is 5.79. The highest BCUT2D eigenvalue weighted by Crippen LogP contribution is 2.12. The molecule has 0 heterocycles. The molecule has 0 N–H and O–H groups in total. The zero-order valence-electron chi connectivity index (χ0n) is 12.5. The van der Waals surface area contributed by atoms with Gasteiger partial charge in [0.25, 0.3) is 0 Å². The molecule has 0 spiro atoms. The number of carbonyl (C=O) groups is 1. The molecule has 0 amide bonds. The molecule has 0 atom stereocenters. The highest BCUT2D eigenvalue weighted by Gasteiger charge is 2.08. The van der Waals surface area contributed by atoms with Crippen LogP contribution in [0.3, 0.4) is 0 Å². The maximum absolute atomic E-state index is 10.9. The van der Waals surface area contributed by atoms with Crippen molar-refractivity contribution in [1.82, 2.24) is 0 Å². The van der Waals surface area contributed by atoms with E-state index in [9.17, 15) is 17.8 Å². The van der Waals surface area contributed by atoms with Crippen molar-refractivity contribution in [3.63, 3.8) is 0 Å². The van der Waals surface area contributed by atoms with Crippen molar-refractivity contribution in [1.29, 1.82) is 5.39 Å². The van der Waals surface area contributed by atoms with Gasteiger partial charge in [0.05, 0.1) is 17.6 Å². The fraction of sp³-hybridized carbons (Fsp3) is 0.133. The SMILES string of the molecule is COC(=O)c1ccc([N+]#N)cc1.Cc1ccc(S(=O)(=O)[O-])cc1. The van der Waals surface area contributed by atoms with E-state index in [1.807, 2.05) is 6.92 Å². The number of hydrogen-bond donors (Lipinski definition) is 0. The molecule has 0 radical (unpaired) electrons. The van der Waals surface area contributed by atoms with Crippen LogP contribution in [0.2, 0.25) is 0 Å². The van der Waals surface area contributed by atoms with Crippen molar-refractivity contribution in [2.45, 2.75) is 11.8 Å². The maximum atomic E-state index is 10.9. The molecule has 120 valence electrons. The van der Waals surface area contributed by atoms with Gasteiger partial charge in [-0.2, -0.15) is 0 Å². The number of aryl methyl sites for hydroxylation is 1. The summed E-state index contributed by atoms with van der Waals surface area (Å²) in [6.07, 6.45) is 0. The number of nitrogens with zero attached hydrogens (tertiary/aromatic N) is 2. The van der Waals surface area contributed by atoms with E-state index in [1.165, 1.54) is 43.5 Å². The normalized spacial score (nSPS) is 10.0. The van der Waals surface area contributed by atoms with Crippen molar-refractivity contribution in [2.75, 3.05) is 7.11 Å². The van der Waals surface area contributed by atoms with Crippen molar-refractivity contribution in [3.8, 4) is 0 Å². The lowest BCUT2D eigenvalue weighted by Crippen LogP contribution is -1.99. The van der Waals surface area contributed by atoms with Gasteiger partial charge in [-0.15, -0.1) is 0 Å². The first-order chi connectivity index (χ1) is 10.8. The molecule has 0 aliphatic rings. The number of rotatable bonds is 2. The summed E-state index contributed by atoms with van der Waals surface area (Å²) in [6.45, 7) is 1.82. The second kappa shape index (κ2) is 8.03. The molecule has 0 bridgehead atoms. The van der Waals surface area contributed by atoms with E-state index in [-0.39, 0.29) is 4.90 Å². The Morgan fingerprint density at radius 1 is 1.09 bits per heavy atom. The minimum absolute atomic E-state index is 0.178. The quantitative estimate of drug-likeness (QED) is 0.474. The predicted octanol–water partition coefficient (Wildman–Crippen LogP) is 2.86. The molecule has 0 saturated heterocycles. The Balaban J connectivity index is 0.000000231. The molecule has 0 fully saturated rings. The number of esters is 1. The van der Waals surface area contributed by atoms with E-state index in [0.29, 0.717) is 11.3 Å². The highest BCUT2D eigenvalue weighted by molar-refractivity contribution is 7.85. The van der Waals surface area contributed by atoms with E-state index >= 15 is 0 Å². The van der Waals surface area contributed by atoms with E-state index in [2.05, 4.69) is 9.71 Å². The number of diazo groups is 1. The van der Waals surface area contributed by atoms with E-state index in [1.54, 1.807) is 12.1 Å². The summed E-state index contributed by atoms with van der Waals surface area (Å²) in [5.41, 5.74) is 1.77. The Morgan fingerprint density at radius 2 is 1.61 bits per heavy atom. The number of ether oxygens (including phenoxy) is 1. The number of carbonyl (C=O) groups excluding carboxylic acids is 1. The van der Waals surface area contributed by atoms with Crippen LogP contribution in [0, 0.1) is 12.3 Å². The van der Waals surface area contributed by atoms with Crippen molar-refractivity contribution >= 4 is 21.8 Å². The molecule has 0 saturated carbocycles. The minimum atomic E-state index is -4.27. The van der Waals surface area contributed by atoms with Gasteiger partial charge in [-0.25, -0.2) is 13.2 Å². The van der Waals surface area contributed by atoms with E-state index in [4.69, 9.17) is 5.39 Å². The summed E-state index contributed by atoms with van der Waals surface area (Å²) in [5.74, 6) is -0.403. The fourth-order valence-electron chi connectivity index (χ4n) is 1.49. The molecule has 0 aliphatic heterocycles. The van der Waals surface area contributed by atoms with Gasteiger partial charge in [0.2, 0.25) is 5.39 Å². The van der Waals surface area contributed by atoms with Crippen molar-refractivity contribution in [2.24, 2.45) is 0 Å². The first-order valence-corrected chi connectivity index (χ1v) is 7.75. The van der Waals surface area contributed by atoms with E-state index in [0.717, 1.165) is 5.56 Å². The van der Waals surface area contributed by atoms with Crippen LogP contribution in [-0.2, 0) is 14.9 Å². The van der Waals surface area contributed by atoms with Gasteiger partial charge in [-0.1, -0.05) is 17.7 Å². The van der Waals surface area contributed by atoms with Crippen LogP contribution in [0.5, 0.6) is 0 Å². The Hall–Kier alpha value is -2.76. The molecule has 2 aromatic carbocycles.